The average molecular weight is 464 g/mol. The van der Waals surface area contributed by atoms with Crippen molar-refractivity contribution in [2.75, 3.05) is 5.32 Å². The van der Waals surface area contributed by atoms with E-state index in [0.717, 1.165) is 10.3 Å². The highest BCUT2D eigenvalue weighted by Crippen LogP contribution is 2.39. The zero-order chi connectivity index (χ0) is 21.4. The molecule has 5 rings (SSSR count). The number of carbonyl (C=O) groups excluding carboxylic acids is 1. The zero-order valence-corrected chi connectivity index (χ0v) is 18.3. The topological polar surface area (TPSA) is 79.0 Å². The molecular weight excluding hydrogens is 450 g/mol. The molecule has 5 aromatic rings. The minimum Gasteiger partial charge on any atom is -0.438 e. The Kier molecular flexibility index (Phi) is 5.15. The predicted octanol–water partition coefficient (Wildman–Crippen LogP) is 6.67. The third kappa shape index (κ3) is 3.90. The Balaban J connectivity index is 1.59. The molecule has 8 heteroatoms. The molecule has 5 nitrogen and oxygen atoms in total. The van der Waals surface area contributed by atoms with Crippen LogP contribution in [0.3, 0.4) is 0 Å². The Hall–Kier alpha value is -3.26. The number of para-hydroxylation sites is 1. The van der Waals surface area contributed by atoms with Crippen LogP contribution in [0.15, 0.2) is 76.5 Å². The highest BCUT2D eigenvalue weighted by molar-refractivity contribution is 7.20. The number of nitrogens with zero attached hydrogens (tertiary/aromatic N) is 1. The van der Waals surface area contributed by atoms with E-state index in [1.165, 1.54) is 22.7 Å². The lowest BCUT2D eigenvalue weighted by atomic mass is 10.2. The smallest absolute Gasteiger partial charge is 0.256 e. The van der Waals surface area contributed by atoms with Crippen molar-refractivity contribution in [3.8, 4) is 21.1 Å². The molecule has 0 saturated heterocycles. The van der Waals surface area contributed by atoms with Gasteiger partial charge in [0.25, 0.3) is 5.91 Å². The van der Waals surface area contributed by atoms with Crippen LogP contribution in [0.2, 0.25) is 5.02 Å². The molecule has 1 amide bonds. The van der Waals surface area contributed by atoms with E-state index >= 15 is 0 Å². The molecule has 0 aliphatic rings. The summed E-state index contributed by atoms with van der Waals surface area (Å²) in [5, 5.41) is 15.9. The number of halogens is 1. The van der Waals surface area contributed by atoms with E-state index in [1.807, 2.05) is 47.8 Å². The molecule has 0 radical (unpaired) electrons. The van der Waals surface area contributed by atoms with Crippen LogP contribution in [0, 0.1) is 5.41 Å². The lowest BCUT2D eigenvalue weighted by molar-refractivity contribution is 0.102. The molecule has 2 N–H and O–H groups in total. The third-order valence-corrected chi connectivity index (χ3v) is 6.75. The van der Waals surface area contributed by atoms with E-state index in [9.17, 15) is 4.79 Å². The number of amides is 1. The number of aromatic nitrogens is 1. The molecule has 3 heterocycles. The van der Waals surface area contributed by atoms with E-state index < -0.39 is 0 Å². The van der Waals surface area contributed by atoms with Gasteiger partial charge in [0.05, 0.1) is 10.4 Å². The predicted molar refractivity (Wildman–Crippen MR) is 126 cm³/mol. The Morgan fingerprint density at radius 3 is 2.65 bits per heavy atom. The second kappa shape index (κ2) is 8.11. The van der Waals surface area contributed by atoms with Gasteiger partial charge in [-0.2, -0.15) is 0 Å². The first kappa shape index (κ1) is 19.7. The van der Waals surface area contributed by atoms with Crippen molar-refractivity contribution in [2.24, 2.45) is 0 Å². The monoisotopic (exact) mass is 463 g/mol. The molecule has 0 spiro atoms. The number of thiophene rings is 1. The number of anilines is 1. The van der Waals surface area contributed by atoms with Crippen LogP contribution in [-0.2, 0) is 0 Å². The van der Waals surface area contributed by atoms with Gasteiger partial charge in [-0.25, -0.2) is 4.98 Å². The first-order chi connectivity index (χ1) is 15.1. The first-order valence-corrected chi connectivity index (χ1v) is 11.4. The van der Waals surface area contributed by atoms with Crippen molar-refractivity contribution >= 4 is 56.2 Å². The summed E-state index contributed by atoms with van der Waals surface area (Å²) in [4.78, 5) is 18.5. The minimum atomic E-state index is -0.251. The number of hydrogen-bond acceptors (Lipinski definition) is 6. The van der Waals surface area contributed by atoms with Gasteiger partial charge in [0, 0.05) is 16.0 Å². The minimum absolute atomic E-state index is 0.0285. The molecule has 3 aromatic heterocycles. The van der Waals surface area contributed by atoms with E-state index in [1.54, 1.807) is 24.3 Å². The van der Waals surface area contributed by atoms with Crippen LogP contribution in [0.4, 0.5) is 5.00 Å². The van der Waals surface area contributed by atoms with Crippen molar-refractivity contribution < 1.29 is 9.21 Å². The molecule has 0 aliphatic carbocycles. The van der Waals surface area contributed by atoms with Gasteiger partial charge in [0.15, 0.2) is 0 Å². The molecule has 0 unspecified atom stereocenters. The van der Waals surface area contributed by atoms with Crippen molar-refractivity contribution in [2.45, 2.75) is 0 Å². The van der Waals surface area contributed by atoms with Gasteiger partial charge in [-0.15, -0.1) is 11.3 Å². The standard InChI is InChI=1S/C23H14ClN3O2S2/c24-15-9-7-13(8-10-15)21(28)27-23-19(18-6-3-11-30-18)26-22(31-23)16-12-14-4-1-2-5-17(14)29-20(16)25/h1-12,25H,(H,27,28). The molecule has 0 bridgehead atoms. The van der Waals surface area contributed by atoms with E-state index in [4.69, 9.17) is 26.4 Å². The molecule has 0 fully saturated rings. The molecule has 152 valence electrons. The first-order valence-electron chi connectivity index (χ1n) is 9.28. The molecule has 2 aromatic carbocycles. The SMILES string of the molecule is N=c1oc2ccccc2cc1-c1nc(-c2cccs2)c(NC(=O)c2ccc(Cl)cc2)s1. The number of benzene rings is 2. The van der Waals surface area contributed by atoms with E-state index in [-0.39, 0.29) is 11.5 Å². The van der Waals surface area contributed by atoms with Crippen LogP contribution >= 0.6 is 34.3 Å². The van der Waals surface area contributed by atoms with E-state index in [0.29, 0.717) is 37.4 Å². The zero-order valence-electron chi connectivity index (χ0n) is 15.9. The van der Waals surface area contributed by atoms with Crippen LogP contribution in [0.5, 0.6) is 0 Å². The summed E-state index contributed by atoms with van der Waals surface area (Å²) in [6.45, 7) is 0. The summed E-state index contributed by atoms with van der Waals surface area (Å²) in [5.74, 6) is -0.251. The van der Waals surface area contributed by atoms with Crippen molar-refractivity contribution in [1.29, 1.82) is 5.41 Å². The maximum atomic E-state index is 12.8. The van der Waals surface area contributed by atoms with Gasteiger partial charge in [-0.3, -0.25) is 10.2 Å². The molecule has 0 atom stereocenters. The Labute approximate surface area is 190 Å². The lowest BCUT2D eigenvalue weighted by Crippen LogP contribution is -2.11. The Morgan fingerprint density at radius 1 is 1.06 bits per heavy atom. The number of rotatable bonds is 4. The maximum absolute atomic E-state index is 12.8. The molecular formula is C23H14ClN3O2S2. The number of carbonyl (C=O) groups is 1. The fourth-order valence-electron chi connectivity index (χ4n) is 3.11. The summed E-state index contributed by atoms with van der Waals surface area (Å²) in [5.41, 5.74) is 2.42. The highest BCUT2D eigenvalue weighted by atomic mass is 35.5. The van der Waals surface area contributed by atoms with Crippen LogP contribution in [0.1, 0.15) is 10.4 Å². The largest absolute Gasteiger partial charge is 0.438 e. The summed E-state index contributed by atoms with van der Waals surface area (Å²) in [6, 6.07) is 20.0. The third-order valence-electron chi connectivity index (χ3n) is 4.62. The lowest BCUT2D eigenvalue weighted by Gasteiger charge is -2.04. The van der Waals surface area contributed by atoms with E-state index in [2.05, 4.69) is 5.32 Å². The molecule has 0 aliphatic heterocycles. The fourth-order valence-corrected chi connectivity index (χ4v) is 5.01. The molecule has 31 heavy (non-hydrogen) atoms. The maximum Gasteiger partial charge on any atom is 0.256 e. The second-order valence-corrected chi connectivity index (χ2v) is 9.05. The second-order valence-electron chi connectivity index (χ2n) is 6.66. The van der Waals surface area contributed by atoms with Crippen LogP contribution in [0.25, 0.3) is 32.1 Å². The van der Waals surface area contributed by atoms with Crippen LogP contribution < -0.4 is 10.9 Å². The van der Waals surface area contributed by atoms with Gasteiger partial charge < -0.3 is 9.73 Å². The summed E-state index contributed by atoms with van der Waals surface area (Å²) in [7, 11) is 0. The van der Waals surface area contributed by atoms with Gasteiger partial charge >= 0.3 is 0 Å². The Bertz CT molecular complexity index is 1450. The van der Waals surface area contributed by atoms with Crippen LogP contribution in [-0.4, -0.2) is 10.9 Å². The van der Waals surface area contributed by atoms with Gasteiger partial charge in [-0.1, -0.05) is 47.2 Å². The molecule has 0 saturated carbocycles. The summed E-state index contributed by atoms with van der Waals surface area (Å²) >= 11 is 8.78. The number of hydrogen-bond donors (Lipinski definition) is 2. The number of fused-ring (bicyclic) bond motifs is 1. The normalized spacial score (nSPS) is 11.0. The average Bonchev–Trinajstić information content (AvgIpc) is 3.43. The Morgan fingerprint density at radius 2 is 1.87 bits per heavy atom. The van der Waals surface area contributed by atoms with Crippen molar-refractivity contribution in [3.63, 3.8) is 0 Å². The highest BCUT2D eigenvalue weighted by Gasteiger charge is 2.19. The fraction of sp³-hybridized carbons (Fsp3) is 0. The summed E-state index contributed by atoms with van der Waals surface area (Å²) in [6.07, 6.45) is 0. The van der Waals surface area contributed by atoms with Crippen molar-refractivity contribution in [1.82, 2.24) is 4.98 Å². The van der Waals surface area contributed by atoms with Gasteiger partial charge in [0.1, 0.15) is 21.3 Å². The van der Waals surface area contributed by atoms with Crippen molar-refractivity contribution in [3.05, 3.63) is 88.3 Å². The number of thiazole rings is 1. The quantitative estimate of drug-likeness (QED) is 0.312. The summed E-state index contributed by atoms with van der Waals surface area (Å²) < 4.78 is 5.68. The number of nitrogens with one attached hydrogen (secondary N) is 2. The van der Waals surface area contributed by atoms with Gasteiger partial charge in [0.2, 0.25) is 5.55 Å². The van der Waals surface area contributed by atoms with Gasteiger partial charge in [-0.05, 0) is 47.8 Å².